The van der Waals surface area contributed by atoms with Gasteiger partial charge in [-0.15, -0.1) is 11.3 Å². The van der Waals surface area contributed by atoms with Crippen molar-refractivity contribution < 1.29 is 0 Å². The largest absolute Gasteiger partial charge is 0.298 e. The Bertz CT molecular complexity index is 295. The van der Waals surface area contributed by atoms with Crippen LogP contribution in [0.15, 0.2) is 11.4 Å². The number of rotatable bonds is 3. The summed E-state index contributed by atoms with van der Waals surface area (Å²) in [5.41, 5.74) is 1.55. The van der Waals surface area contributed by atoms with Gasteiger partial charge in [0.25, 0.3) is 0 Å². The second kappa shape index (κ2) is 4.69. The monoisotopic (exact) mass is 227 g/mol. The van der Waals surface area contributed by atoms with Crippen molar-refractivity contribution in [3.05, 3.63) is 21.9 Å². The van der Waals surface area contributed by atoms with E-state index in [0.717, 1.165) is 12.3 Å². The average molecular weight is 227 g/mol. The maximum Gasteiger partial charge on any atom is 0.0245 e. The minimum Gasteiger partial charge on any atom is -0.298 e. The van der Waals surface area contributed by atoms with E-state index in [0.29, 0.717) is 5.92 Å². The van der Waals surface area contributed by atoms with Crippen LogP contribution in [0, 0.1) is 5.92 Å². The van der Waals surface area contributed by atoms with Gasteiger partial charge in [0.2, 0.25) is 0 Å². The van der Waals surface area contributed by atoms with E-state index in [1.807, 2.05) is 11.3 Å². The Kier molecular flexibility index (Phi) is 3.52. The molecular formula is C11H17NS2. The Labute approximate surface area is 95.5 Å². The predicted octanol–water partition coefficient (Wildman–Crippen LogP) is 2.67. The number of thiophene rings is 1. The number of thiol groups is 1. The van der Waals surface area contributed by atoms with Crippen molar-refractivity contribution in [3.63, 3.8) is 0 Å². The lowest BCUT2D eigenvalue weighted by Crippen LogP contribution is -2.33. The summed E-state index contributed by atoms with van der Waals surface area (Å²) in [6.45, 7) is 5.84. The minimum atomic E-state index is 0.707. The van der Waals surface area contributed by atoms with Crippen molar-refractivity contribution >= 4 is 24.0 Å². The van der Waals surface area contributed by atoms with Crippen LogP contribution in [0.3, 0.4) is 0 Å². The summed E-state index contributed by atoms with van der Waals surface area (Å²) in [5, 5.41) is 2.22. The lowest BCUT2D eigenvalue weighted by atomic mass is 10.1. The maximum atomic E-state index is 4.33. The zero-order chi connectivity index (χ0) is 9.97. The molecule has 1 aromatic heterocycles. The molecule has 14 heavy (non-hydrogen) atoms. The highest BCUT2D eigenvalue weighted by molar-refractivity contribution is 7.80. The topological polar surface area (TPSA) is 3.24 Å². The van der Waals surface area contributed by atoms with Crippen molar-refractivity contribution in [2.45, 2.75) is 19.9 Å². The number of fused-ring (bicyclic) bond motifs is 1. The third kappa shape index (κ3) is 2.33. The summed E-state index contributed by atoms with van der Waals surface area (Å²) in [4.78, 5) is 4.15. The van der Waals surface area contributed by atoms with Crippen molar-refractivity contribution in [2.75, 3.05) is 18.8 Å². The van der Waals surface area contributed by atoms with E-state index >= 15 is 0 Å². The quantitative estimate of drug-likeness (QED) is 0.777. The van der Waals surface area contributed by atoms with E-state index in [1.54, 1.807) is 10.4 Å². The molecule has 1 aliphatic heterocycles. The van der Waals surface area contributed by atoms with E-state index in [2.05, 4.69) is 35.9 Å². The first-order valence-corrected chi connectivity index (χ1v) is 6.69. The highest BCUT2D eigenvalue weighted by Gasteiger charge is 2.17. The molecule has 0 aromatic carbocycles. The van der Waals surface area contributed by atoms with Gasteiger partial charge in [0, 0.05) is 24.5 Å². The maximum absolute atomic E-state index is 4.33. The Balaban J connectivity index is 1.94. The summed E-state index contributed by atoms with van der Waals surface area (Å²) in [7, 11) is 0. The fourth-order valence-electron chi connectivity index (χ4n) is 1.96. The zero-order valence-corrected chi connectivity index (χ0v) is 10.3. The summed E-state index contributed by atoms with van der Waals surface area (Å²) >= 11 is 6.24. The van der Waals surface area contributed by atoms with Crippen LogP contribution < -0.4 is 0 Å². The van der Waals surface area contributed by atoms with Gasteiger partial charge in [-0.3, -0.25) is 4.90 Å². The van der Waals surface area contributed by atoms with Gasteiger partial charge in [-0.25, -0.2) is 0 Å². The molecule has 0 amide bonds. The molecule has 78 valence electrons. The summed E-state index contributed by atoms with van der Waals surface area (Å²) in [6.07, 6.45) is 1.24. The van der Waals surface area contributed by atoms with Crippen LogP contribution in [0.25, 0.3) is 0 Å². The van der Waals surface area contributed by atoms with Crippen LogP contribution in [-0.2, 0) is 13.0 Å². The second-order valence-corrected chi connectivity index (χ2v) is 5.51. The first-order chi connectivity index (χ1) is 6.79. The van der Waals surface area contributed by atoms with Crippen LogP contribution in [0.1, 0.15) is 17.4 Å². The fraction of sp³-hybridized carbons (Fsp3) is 0.636. The molecule has 2 heterocycles. The van der Waals surface area contributed by atoms with Crippen LogP contribution in [-0.4, -0.2) is 23.7 Å². The normalized spacial score (nSPS) is 19.3. The Morgan fingerprint density at radius 2 is 2.50 bits per heavy atom. The van der Waals surface area contributed by atoms with Gasteiger partial charge >= 0.3 is 0 Å². The van der Waals surface area contributed by atoms with E-state index in [-0.39, 0.29) is 0 Å². The smallest absolute Gasteiger partial charge is 0.0245 e. The third-order valence-corrected chi connectivity index (χ3v) is 4.41. The average Bonchev–Trinajstić information content (AvgIpc) is 2.64. The summed E-state index contributed by atoms with van der Waals surface area (Å²) in [5.74, 6) is 1.70. The molecular weight excluding hydrogens is 210 g/mol. The molecule has 0 spiro atoms. The SMILES string of the molecule is CC(CS)CN1CCc2sccc2C1. The van der Waals surface area contributed by atoms with Crippen molar-refractivity contribution in [3.8, 4) is 0 Å². The lowest BCUT2D eigenvalue weighted by molar-refractivity contribution is 0.230. The first kappa shape index (κ1) is 10.5. The number of nitrogens with zero attached hydrogens (tertiary/aromatic N) is 1. The van der Waals surface area contributed by atoms with Crippen LogP contribution in [0.4, 0.5) is 0 Å². The van der Waals surface area contributed by atoms with E-state index in [9.17, 15) is 0 Å². The van der Waals surface area contributed by atoms with Gasteiger partial charge < -0.3 is 0 Å². The molecule has 1 aromatic rings. The van der Waals surface area contributed by atoms with Gasteiger partial charge in [0.05, 0.1) is 0 Å². The van der Waals surface area contributed by atoms with Crippen molar-refractivity contribution in [1.29, 1.82) is 0 Å². The number of hydrogen-bond acceptors (Lipinski definition) is 3. The molecule has 1 nitrogen and oxygen atoms in total. The molecule has 0 saturated heterocycles. The van der Waals surface area contributed by atoms with E-state index in [4.69, 9.17) is 0 Å². The Morgan fingerprint density at radius 3 is 3.29 bits per heavy atom. The first-order valence-electron chi connectivity index (χ1n) is 5.18. The standard InChI is InChI=1S/C11H17NS2/c1-9(8-13)6-12-4-2-11-10(7-12)3-5-14-11/h3,5,9,13H,2,4,6-8H2,1H3. The van der Waals surface area contributed by atoms with Gasteiger partial charge in [0.15, 0.2) is 0 Å². The van der Waals surface area contributed by atoms with Gasteiger partial charge in [-0.1, -0.05) is 6.92 Å². The summed E-state index contributed by atoms with van der Waals surface area (Å²) < 4.78 is 0. The van der Waals surface area contributed by atoms with Crippen LogP contribution >= 0.6 is 24.0 Å². The van der Waals surface area contributed by atoms with Crippen molar-refractivity contribution in [2.24, 2.45) is 5.92 Å². The molecule has 0 saturated carbocycles. The lowest BCUT2D eigenvalue weighted by Gasteiger charge is -2.28. The molecule has 2 rings (SSSR count). The molecule has 1 atom stereocenters. The van der Waals surface area contributed by atoms with Gasteiger partial charge in [-0.2, -0.15) is 12.6 Å². The van der Waals surface area contributed by atoms with Crippen LogP contribution in [0.2, 0.25) is 0 Å². The molecule has 0 N–H and O–H groups in total. The molecule has 0 bridgehead atoms. The van der Waals surface area contributed by atoms with Crippen molar-refractivity contribution in [1.82, 2.24) is 4.90 Å². The molecule has 0 fully saturated rings. The molecule has 1 unspecified atom stereocenters. The van der Waals surface area contributed by atoms with Gasteiger partial charge in [-0.05, 0) is 35.1 Å². The van der Waals surface area contributed by atoms with Crippen LogP contribution in [0.5, 0.6) is 0 Å². The highest BCUT2D eigenvalue weighted by Crippen LogP contribution is 2.24. The fourth-order valence-corrected chi connectivity index (χ4v) is 2.97. The third-order valence-electron chi connectivity index (χ3n) is 2.77. The second-order valence-electron chi connectivity index (χ2n) is 4.14. The zero-order valence-electron chi connectivity index (χ0n) is 8.57. The Hall–Kier alpha value is 0.0100. The van der Waals surface area contributed by atoms with E-state index in [1.165, 1.54) is 19.5 Å². The molecule has 0 radical (unpaired) electrons. The van der Waals surface area contributed by atoms with Gasteiger partial charge in [0.1, 0.15) is 0 Å². The predicted molar refractivity (Wildman–Crippen MR) is 66.3 cm³/mol. The molecule has 1 aliphatic rings. The highest BCUT2D eigenvalue weighted by atomic mass is 32.1. The molecule has 0 aliphatic carbocycles. The van der Waals surface area contributed by atoms with E-state index < -0.39 is 0 Å². The molecule has 3 heteroatoms. The minimum absolute atomic E-state index is 0.707. The number of hydrogen-bond donors (Lipinski definition) is 1. The Morgan fingerprint density at radius 1 is 1.64 bits per heavy atom. The summed E-state index contributed by atoms with van der Waals surface area (Å²) in [6, 6.07) is 2.28.